The Kier molecular flexibility index (Phi) is 4.65. The number of sulfonamides is 1. The van der Waals surface area contributed by atoms with Gasteiger partial charge in [-0.3, -0.25) is 4.72 Å². The molecule has 0 spiro atoms. The van der Waals surface area contributed by atoms with E-state index in [1.165, 1.54) is 18.2 Å². The summed E-state index contributed by atoms with van der Waals surface area (Å²) in [6, 6.07) is 12.3. The number of rotatable bonds is 4. The van der Waals surface area contributed by atoms with Crippen LogP contribution in [0.25, 0.3) is 11.4 Å². The van der Waals surface area contributed by atoms with Crippen LogP contribution in [0, 0.1) is 5.82 Å². The van der Waals surface area contributed by atoms with E-state index >= 15 is 0 Å². The van der Waals surface area contributed by atoms with Gasteiger partial charge in [-0.2, -0.15) is 0 Å². The Morgan fingerprint density at radius 3 is 2.59 bits per heavy atom. The highest BCUT2D eigenvalue weighted by molar-refractivity contribution is 7.92. The molecule has 2 heterocycles. The monoisotopic (exact) mass is 386 g/mol. The first-order chi connectivity index (χ1) is 13.1. The Morgan fingerprint density at radius 1 is 0.963 bits per heavy atom. The van der Waals surface area contributed by atoms with E-state index in [-0.39, 0.29) is 4.90 Å². The molecule has 1 aliphatic heterocycles. The first-order valence-corrected chi connectivity index (χ1v) is 10.3. The molecule has 4 rings (SSSR count). The molecule has 140 valence electrons. The maximum Gasteiger partial charge on any atom is 0.264 e. The number of fused-ring (bicyclic) bond motifs is 1. The van der Waals surface area contributed by atoms with Crippen LogP contribution in [0.4, 0.5) is 10.1 Å². The fourth-order valence-corrected chi connectivity index (χ4v) is 4.47. The number of hydrogen-bond acceptors (Lipinski definition) is 4. The van der Waals surface area contributed by atoms with Crippen molar-refractivity contribution in [3.63, 3.8) is 0 Å². The maximum atomic E-state index is 14.0. The first-order valence-electron chi connectivity index (χ1n) is 8.85. The fraction of sp³-hybridized carbons (Fsp3) is 0.263. The van der Waals surface area contributed by atoms with Gasteiger partial charge in [-0.15, -0.1) is 10.2 Å². The molecule has 2 aromatic carbocycles. The van der Waals surface area contributed by atoms with Crippen LogP contribution in [0.1, 0.15) is 25.1 Å². The summed E-state index contributed by atoms with van der Waals surface area (Å²) in [6.07, 6.45) is 4.08. The second kappa shape index (κ2) is 7.11. The summed E-state index contributed by atoms with van der Waals surface area (Å²) in [6.45, 7) is 0.798. The van der Waals surface area contributed by atoms with E-state index in [9.17, 15) is 12.8 Å². The van der Waals surface area contributed by atoms with Crippen LogP contribution < -0.4 is 4.72 Å². The predicted molar refractivity (Wildman–Crippen MR) is 100 cm³/mol. The summed E-state index contributed by atoms with van der Waals surface area (Å²) in [7, 11) is -4.07. The van der Waals surface area contributed by atoms with E-state index in [1.54, 1.807) is 18.2 Å². The molecule has 0 fully saturated rings. The molecular formula is C19H19FN4O2S. The zero-order valence-corrected chi connectivity index (χ0v) is 15.4. The molecule has 1 aromatic heterocycles. The highest BCUT2D eigenvalue weighted by Gasteiger charge is 2.23. The van der Waals surface area contributed by atoms with Gasteiger partial charge in [0.2, 0.25) is 0 Å². The molecule has 0 radical (unpaired) electrons. The van der Waals surface area contributed by atoms with Crippen molar-refractivity contribution in [2.24, 2.45) is 0 Å². The molecule has 8 heteroatoms. The van der Waals surface area contributed by atoms with Gasteiger partial charge >= 0.3 is 0 Å². The SMILES string of the molecule is O=S(=O)(Nc1ccccc1-c1nnc2n1CCCCC2)c1ccccc1F. The van der Waals surface area contributed by atoms with Crippen molar-refractivity contribution in [2.45, 2.75) is 37.1 Å². The molecule has 27 heavy (non-hydrogen) atoms. The predicted octanol–water partition coefficient (Wildman–Crippen LogP) is 3.61. The van der Waals surface area contributed by atoms with Crippen LogP contribution in [0.5, 0.6) is 0 Å². The van der Waals surface area contributed by atoms with Gasteiger partial charge in [0, 0.05) is 18.5 Å². The summed E-state index contributed by atoms with van der Waals surface area (Å²) >= 11 is 0. The van der Waals surface area contributed by atoms with Crippen molar-refractivity contribution in [1.82, 2.24) is 14.8 Å². The lowest BCUT2D eigenvalue weighted by molar-refractivity contribution is 0.570. The summed E-state index contributed by atoms with van der Waals surface area (Å²) in [5.41, 5.74) is 0.971. The van der Waals surface area contributed by atoms with Crippen molar-refractivity contribution in [3.05, 3.63) is 60.2 Å². The number of anilines is 1. The topological polar surface area (TPSA) is 76.9 Å². The first kappa shape index (κ1) is 17.7. The van der Waals surface area contributed by atoms with E-state index < -0.39 is 15.8 Å². The van der Waals surface area contributed by atoms with Crippen molar-refractivity contribution < 1.29 is 12.8 Å². The lowest BCUT2D eigenvalue weighted by atomic mass is 10.1. The van der Waals surface area contributed by atoms with E-state index in [1.807, 2.05) is 10.6 Å². The number of para-hydroxylation sites is 1. The van der Waals surface area contributed by atoms with Gasteiger partial charge < -0.3 is 4.57 Å². The van der Waals surface area contributed by atoms with Crippen LogP contribution in [0.2, 0.25) is 0 Å². The quantitative estimate of drug-likeness (QED) is 0.743. The Morgan fingerprint density at radius 2 is 1.74 bits per heavy atom. The molecule has 1 N–H and O–H groups in total. The minimum atomic E-state index is -4.07. The van der Waals surface area contributed by atoms with Crippen molar-refractivity contribution in [3.8, 4) is 11.4 Å². The molecule has 6 nitrogen and oxygen atoms in total. The van der Waals surface area contributed by atoms with E-state index in [2.05, 4.69) is 14.9 Å². The standard InChI is InChI=1S/C19H19FN4O2S/c20-15-9-4-6-11-17(15)27(25,26)23-16-10-5-3-8-14(16)19-22-21-18-12-2-1-7-13-24(18)19/h3-6,8-11,23H,1-2,7,12-13H2. The molecule has 0 atom stereocenters. The molecule has 1 aliphatic rings. The van der Waals surface area contributed by atoms with Gasteiger partial charge in [0.15, 0.2) is 5.82 Å². The maximum absolute atomic E-state index is 14.0. The third kappa shape index (κ3) is 3.44. The van der Waals surface area contributed by atoms with Crippen LogP contribution in [0.3, 0.4) is 0 Å². The number of nitrogens with zero attached hydrogens (tertiary/aromatic N) is 3. The minimum Gasteiger partial charge on any atom is -0.311 e. The fourth-order valence-electron chi connectivity index (χ4n) is 3.31. The van der Waals surface area contributed by atoms with Crippen LogP contribution in [-0.4, -0.2) is 23.2 Å². The molecular weight excluding hydrogens is 367 g/mol. The lowest BCUT2D eigenvalue weighted by Gasteiger charge is -2.14. The van der Waals surface area contributed by atoms with E-state index in [4.69, 9.17) is 0 Å². The van der Waals surface area contributed by atoms with E-state index in [0.717, 1.165) is 44.1 Å². The average Bonchev–Trinajstić information content (AvgIpc) is 2.90. The van der Waals surface area contributed by atoms with E-state index in [0.29, 0.717) is 17.1 Å². The zero-order valence-electron chi connectivity index (χ0n) is 14.6. The van der Waals surface area contributed by atoms with Gasteiger partial charge in [0.1, 0.15) is 16.5 Å². The molecule has 3 aromatic rings. The molecule has 0 bridgehead atoms. The van der Waals surface area contributed by atoms with Crippen molar-refractivity contribution in [2.75, 3.05) is 4.72 Å². The molecule has 0 saturated carbocycles. The van der Waals surface area contributed by atoms with Crippen LogP contribution in [-0.2, 0) is 23.0 Å². The number of aromatic nitrogens is 3. The molecule has 0 unspecified atom stereocenters. The lowest BCUT2D eigenvalue weighted by Crippen LogP contribution is -2.15. The Balaban J connectivity index is 1.75. The summed E-state index contributed by atoms with van der Waals surface area (Å²) < 4.78 is 43.9. The van der Waals surface area contributed by atoms with Gasteiger partial charge in [-0.05, 0) is 37.1 Å². The average molecular weight is 386 g/mol. The zero-order chi connectivity index (χ0) is 18.9. The highest BCUT2D eigenvalue weighted by atomic mass is 32.2. The minimum absolute atomic E-state index is 0.347. The van der Waals surface area contributed by atoms with Gasteiger partial charge in [0.25, 0.3) is 10.0 Å². The van der Waals surface area contributed by atoms with Crippen LogP contribution in [0.15, 0.2) is 53.4 Å². The number of benzene rings is 2. The third-order valence-electron chi connectivity index (χ3n) is 4.65. The summed E-state index contributed by atoms with van der Waals surface area (Å²) in [4.78, 5) is -0.389. The second-order valence-electron chi connectivity index (χ2n) is 6.48. The molecule has 0 amide bonds. The Hall–Kier alpha value is -2.74. The largest absolute Gasteiger partial charge is 0.311 e. The van der Waals surface area contributed by atoms with Gasteiger partial charge in [0.05, 0.1) is 5.69 Å². The Bertz CT molecular complexity index is 1080. The second-order valence-corrected chi connectivity index (χ2v) is 8.13. The van der Waals surface area contributed by atoms with Gasteiger partial charge in [-0.25, -0.2) is 12.8 Å². The third-order valence-corrected chi connectivity index (χ3v) is 6.05. The van der Waals surface area contributed by atoms with Gasteiger partial charge in [-0.1, -0.05) is 30.7 Å². The number of nitrogens with one attached hydrogen (secondary N) is 1. The summed E-state index contributed by atoms with van der Waals surface area (Å²) in [5.74, 6) is 0.742. The summed E-state index contributed by atoms with van der Waals surface area (Å²) in [5, 5.41) is 8.57. The van der Waals surface area contributed by atoms with Crippen molar-refractivity contribution >= 4 is 15.7 Å². The highest BCUT2D eigenvalue weighted by Crippen LogP contribution is 2.30. The van der Waals surface area contributed by atoms with Crippen molar-refractivity contribution in [1.29, 1.82) is 0 Å². The Labute approximate surface area is 157 Å². The van der Waals surface area contributed by atoms with Crippen LogP contribution >= 0.6 is 0 Å². The normalized spacial score (nSPS) is 14.4. The number of aryl methyl sites for hydroxylation is 1. The smallest absolute Gasteiger partial charge is 0.264 e. The number of hydrogen-bond donors (Lipinski definition) is 1. The molecule has 0 aliphatic carbocycles. The molecule has 0 saturated heterocycles. The number of halogens is 1.